The number of phenols is 1. The van der Waals surface area contributed by atoms with Gasteiger partial charge in [-0.1, -0.05) is 0 Å². The van der Waals surface area contributed by atoms with Gasteiger partial charge in [0.15, 0.2) is 9.84 Å². The number of aromatic hydroxyl groups is 1. The second kappa shape index (κ2) is 5.25. The fourth-order valence-electron chi connectivity index (χ4n) is 2.07. The van der Waals surface area contributed by atoms with E-state index in [0.29, 0.717) is 12.8 Å². The van der Waals surface area contributed by atoms with Crippen molar-refractivity contribution in [3.05, 3.63) is 30.0 Å². The number of phenolic OH excluding ortho intramolecular Hbond substituents is 1. The summed E-state index contributed by atoms with van der Waals surface area (Å²) in [5.41, 5.74) is 2.00. The number of sulfone groups is 1. The highest BCUT2D eigenvalue weighted by Crippen LogP contribution is 2.24. The number of aryl methyl sites for hydroxylation is 1. The first-order valence-electron chi connectivity index (χ1n) is 6.40. The van der Waals surface area contributed by atoms with Gasteiger partial charge < -0.3 is 10.1 Å². The Kier molecular flexibility index (Phi) is 3.85. The van der Waals surface area contributed by atoms with Gasteiger partial charge in [0.1, 0.15) is 5.75 Å². The number of benzene rings is 1. The van der Waals surface area contributed by atoms with Gasteiger partial charge >= 0.3 is 0 Å². The zero-order valence-electron chi connectivity index (χ0n) is 11.2. The zero-order valence-corrected chi connectivity index (χ0v) is 12.0. The number of fused-ring (bicyclic) bond motifs is 1. The summed E-state index contributed by atoms with van der Waals surface area (Å²) in [6, 6.07) is 5.16. The van der Waals surface area contributed by atoms with Crippen LogP contribution < -0.4 is 0 Å². The number of aromatic amines is 1. The van der Waals surface area contributed by atoms with Crippen LogP contribution in [0.5, 0.6) is 5.75 Å². The molecule has 0 fully saturated rings. The molecule has 2 rings (SSSR count). The van der Waals surface area contributed by atoms with Gasteiger partial charge in [0.2, 0.25) is 0 Å². The standard InChI is InChI=1S/C14H19NO3S/c1-10(2)19(17,18)7-3-4-11-9-15-14-6-5-12(16)8-13(11)14/h5-6,8-10,15-16H,3-4,7H2,1-2H3. The number of nitrogens with one attached hydrogen (secondary N) is 1. The molecular weight excluding hydrogens is 262 g/mol. The van der Waals surface area contributed by atoms with Gasteiger partial charge in [-0.05, 0) is 50.5 Å². The molecule has 1 aromatic carbocycles. The van der Waals surface area contributed by atoms with Crippen LogP contribution in [-0.4, -0.2) is 29.5 Å². The van der Waals surface area contributed by atoms with E-state index in [2.05, 4.69) is 4.98 Å². The third-order valence-corrected chi connectivity index (χ3v) is 5.64. The van der Waals surface area contributed by atoms with Crippen molar-refractivity contribution in [2.75, 3.05) is 5.75 Å². The normalized spacial score (nSPS) is 12.4. The van der Waals surface area contributed by atoms with E-state index in [-0.39, 0.29) is 16.8 Å². The van der Waals surface area contributed by atoms with E-state index in [0.717, 1.165) is 16.5 Å². The maximum atomic E-state index is 11.7. The summed E-state index contributed by atoms with van der Waals surface area (Å²) >= 11 is 0. The predicted octanol–water partition coefficient (Wildman–Crippen LogP) is 2.63. The number of H-pyrrole nitrogens is 1. The van der Waals surface area contributed by atoms with Gasteiger partial charge in [0, 0.05) is 17.1 Å². The molecule has 0 bridgehead atoms. The first-order chi connectivity index (χ1) is 8.90. The van der Waals surface area contributed by atoms with E-state index in [4.69, 9.17) is 0 Å². The molecule has 0 saturated carbocycles. The molecule has 0 spiro atoms. The highest BCUT2D eigenvalue weighted by molar-refractivity contribution is 7.91. The van der Waals surface area contributed by atoms with E-state index in [1.54, 1.807) is 26.0 Å². The van der Waals surface area contributed by atoms with E-state index in [1.165, 1.54) is 0 Å². The smallest absolute Gasteiger partial charge is 0.152 e. The molecule has 5 heteroatoms. The lowest BCUT2D eigenvalue weighted by atomic mass is 10.1. The SMILES string of the molecule is CC(C)S(=O)(=O)CCCc1c[nH]c2ccc(O)cc12. The Morgan fingerprint density at radius 3 is 2.74 bits per heavy atom. The van der Waals surface area contributed by atoms with Crippen molar-refractivity contribution in [1.29, 1.82) is 0 Å². The monoisotopic (exact) mass is 281 g/mol. The molecule has 0 unspecified atom stereocenters. The van der Waals surface area contributed by atoms with Crippen LogP contribution in [0.1, 0.15) is 25.8 Å². The molecule has 0 atom stereocenters. The van der Waals surface area contributed by atoms with Crippen molar-refractivity contribution < 1.29 is 13.5 Å². The Morgan fingerprint density at radius 1 is 1.32 bits per heavy atom. The van der Waals surface area contributed by atoms with Crippen molar-refractivity contribution in [3.8, 4) is 5.75 Å². The lowest BCUT2D eigenvalue weighted by molar-refractivity contribution is 0.476. The molecule has 1 heterocycles. The summed E-state index contributed by atoms with van der Waals surface area (Å²) in [6.45, 7) is 3.41. The summed E-state index contributed by atoms with van der Waals surface area (Å²) in [5, 5.41) is 10.1. The Balaban J connectivity index is 2.09. The Bertz CT molecular complexity index is 671. The molecule has 19 heavy (non-hydrogen) atoms. The Morgan fingerprint density at radius 2 is 2.05 bits per heavy atom. The number of hydrogen-bond acceptors (Lipinski definition) is 3. The topological polar surface area (TPSA) is 70.2 Å². The first-order valence-corrected chi connectivity index (χ1v) is 8.12. The molecule has 4 nitrogen and oxygen atoms in total. The van der Waals surface area contributed by atoms with Gasteiger partial charge in [-0.15, -0.1) is 0 Å². The van der Waals surface area contributed by atoms with Crippen LogP contribution in [0.4, 0.5) is 0 Å². The molecular formula is C14H19NO3S. The zero-order chi connectivity index (χ0) is 14.0. The van der Waals surface area contributed by atoms with Gasteiger partial charge in [-0.2, -0.15) is 0 Å². The fraction of sp³-hybridized carbons (Fsp3) is 0.429. The van der Waals surface area contributed by atoms with Crippen molar-refractivity contribution in [2.45, 2.75) is 31.9 Å². The third-order valence-electron chi connectivity index (χ3n) is 3.34. The van der Waals surface area contributed by atoms with Crippen LogP contribution in [0.15, 0.2) is 24.4 Å². The largest absolute Gasteiger partial charge is 0.508 e. The van der Waals surface area contributed by atoms with Crippen LogP contribution in [0.25, 0.3) is 10.9 Å². The van der Waals surface area contributed by atoms with Crippen molar-refractivity contribution >= 4 is 20.7 Å². The molecule has 0 aliphatic rings. The van der Waals surface area contributed by atoms with E-state index in [1.807, 2.05) is 12.3 Å². The minimum absolute atomic E-state index is 0.205. The summed E-state index contributed by atoms with van der Waals surface area (Å²) in [4.78, 5) is 3.13. The van der Waals surface area contributed by atoms with Crippen LogP contribution in [-0.2, 0) is 16.3 Å². The summed E-state index contributed by atoms with van der Waals surface area (Å²) < 4.78 is 23.5. The second-order valence-corrected chi connectivity index (χ2v) is 7.74. The van der Waals surface area contributed by atoms with E-state index >= 15 is 0 Å². The predicted molar refractivity (Wildman–Crippen MR) is 77.2 cm³/mol. The van der Waals surface area contributed by atoms with Crippen LogP contribution >= 0.6 is 0 Å². The summed E-state index contributed by atoms with van der Waals surface area (Å²) in [5.74, 6) is 0.430. The molecule has 0 aliphatic carbocycles. The van der Waals surface area contributed by atoms with Crippen LogP contribution in [0.2, 0.25) is 0 Å². The third kappa shape index (κ3) is 3.10. The molecule has 0 amide bonds. The molecule has 0 radical (unpaired) electrons. The minimum atomic E-state index is -2.97. The van der Waals surface area contributed by atoms with Gasteiger partial charge in [-0.3, -0.25) is 0 Å². The fourth-order valence-corrected chi connectivity index (χ4v) is 3.09. The number of hydrogen-bond donors (Lipinski definition) is 2. The Hall–Kier alpha value is -1.49. The average molecular weight is 281 g/mol. The van der Waals surface area contributed by atoms with Crippen LogP contribution in [0.3, 0.4) is 0 Å². The highest BCUT2D eigenvalue weighted by Gasteiger charge is 2.15. The molecule has 2 aromatic rings. The lowest BCUT2D eigenvalue weighted by Gasteiger charge is -2.06. The quantitative estimate of drug-likeness (QED) is 0.885. The summed E-state index contributed by atoms with van der Waals surface area (Å²) in [6.07, 6.45) is 3.17. The highest BCUT2D eigenvalue weighted by atomic mass is 32.2. The van der Waals surface area contributed by atoms with Crippen LogP contribution in [0, 0.1) is 0 Å². The number of rotatable bonds is 5. The van der Waals surface area contributed by atoms with Crippen molar-refractivity contribution in [1.82, 2.24) is 4.98 Å². The lowest BCUT2D eigenvalue weighted by Crippen LogP contribution is -2.18. The maximum Gasteiger partial charge on any atom is 0.152 e. The first kappa shape index (κ1) is 13.9. The molecule has 0 saturated heterocycles. The Labute approximate surface area is 113 Å². The van der Waals surface area contributed by atoms with Gasteiger partial charge in [0.05, 0.1) is 11.0 Å². The van der Waals surface area contributed by atoms with Gasteiger partial charge in [0.25, 0.3) is 0 Å². The minimum Gasteiger partial charge on any atom is -0.508 e. The van der Waals surface area contributed by atoms with E-state index in [9.17, 15) is 13.5 Å². The second-order valence-electron chi connectivity index (χ2n) is 5.06. The molecule has 0 aliphatic heterocycles. The van der Waals surface area contributed by atoms with E-state index < -0.39 is 9.84 Å². The maximum absolute atomic E-state index is 11.7. The molecule has 2 N–H and O–H groups in total. The van der Waals surface area contributed by atoms with Gasteiger partial charge in [-0.25, -0.2) is 8.42 Å². The number of aromatic nitrogens is 1. The molecule has 104 valence electrons. The van der Waals surface area contributed by atoms with Crippen molar-refractivity contribution in [3.63, 3.8) is 0 Å². The van der Waals surface area contributed by atoms with Crippen molar-refractivity contribution in [2.24, 2.45) is 0 Å². The average Bonchev–Trinajstić information content (AvgIpc) is 2.71. The summed E-state index contributed by atoms with van der Waals surface area (Å²) in [7, 11) is -2.97. The molecule has 1 aromatic heterocycles.